The maximum absolute atomic E-state index is 8.72. The summed E-state index contributed by atoms with van der Waals surface area (Å²) < 4.78 is 0. The molecular weight excluding hydrogens is 222 g/mol. The highest BCUT2D eigenvalue weighted by Crippen LogP contribution is 2.40. The first kappa shape index (κ1) is 16.0. The molecule has 2 N–H and O–H groups in total. The van der Waals surface area contributed by atoms with Crippen LogP contribution < -0.4 is 5.32 Å². The van der Waals surface area contributed by atoms with E-state index in [9.17, 15) is 0 Å². The summed E-state index contributed by atoms with van der Waals surface area (Å²) in [5, 5.41) is 12.4. The van der Waals surface area contributed by atoms with E-state index in [1.165, 1.54) is 38.5 Å². The van der Waals surface area contributed by atoms with Crippen LogP contribution in [0.25, 0.3) is 0 Å². The summed E-state index contributed by atoms with van der Waals surface area (Å²) in [5.41, 5.74) is 0.534. The van der Waals surface area contributed by atoms with Crippen molar-refractivity contribution in [3.63, 3.8) is 0 Å². The van der Waals surface area contributed by atoms with Crippen LogP contribution in [0.1, 0.15) is 72.1 Å². The Morgan fingerprint density at radius 1 is 1.06 bits per heavy atom. The molecule has 1 aliphatic rings. The number of hydrogen-bond acceptors (Lipinski definition) is 2. The van der Waals surface area contributed by atoms with Crippen molar-refractivity contribution >= 4 is 0 Å². The van der Waals surface area contributed by atoms with E-state index in [4.69, 9.17) is 5.11 Å². The van der Waals surface area contributed by atoms with Gasteiger partial charge in [-0.15, -0.1) is 0 Å². The molecule has 0 saturated heterocycles. The number of aliphatic hydroxyl groups is 1. The van der Waals surface area contributed by atoms with E-state index in [1.54, 1.807) is 0 Å². The Morgan fingerprint density at radius 2 is 1.72 bits per heavy atom. The van der Waals surface area contributed by atoms with Crippen LogP contribution >= 0.6 is 0 Å². The Hall–Kier alpha value is -0.0800. The fourth-order valence-corrected chi connectivity index (χ4v) is 3.09. The molecule has 0 unspecified atom stereocenters. The number of hydrogen-bond donors (Lipinski definition) is 2. The van der Waals surface area contributed by atoms with E-state index in [2.05, 4.69) is 26.1 Å². The topological polar surface area (TPSA) is 32.3 Å². The van der Waals surface area contributed by atoms with Crippen molar-refractivity contribution in [2.75, 3.05) is 13.2 Å². The van der Waals surface area contributed by atoms with Crippen molar-refractivity contribution in [1.82, 2.24) is 5.32 Å². The maximum atomic E-state index is 8.72. The van der Waals surface area contributed by atoms with E-state index in [1.807, 2.05) is 0 Å². The zero-order valence-corrected chi connectivity index (χ0v) is 12.7. The third kappa shape index (κ3) is 5.27. The lowest BCUT2D eigenvalue weighted by atomic mass is 9.69. The van der Waals surface area contributed by atoms with Gasteiger partial charge in [0.25, 0.3) is 0 Å². The van der Waals surface area contributed by atoms with E-state index in [-0.39, 0.29) is 0 Å². The summed E-state index contributed by atoms with van der Waals surface area (Å²) in [6, 6.07) is 0.753. The van der Waals surface area contributed by atoms with Crippen molar-refractivity contribution in [3.8, 4) is 0 Å². The molecule has 2 heteroatoms. The molecule has 1 aliphatic carbocycles. The Balaban J connectivity index is 2.12. The predicted molar refractivity (Wildman–Crippen MR) is 78.8 cm³/mol. The first-order valence-corrected chi connectivity index (χ1v) is 7.94. The lowest BCUT2D eigenvalue weighted by Crippen LogP contribution is -2.37. The molecule has 0 aromatic rings. The van der Waals surface area contributed by atoms with E-state index >= 15 is 0 Å². The monoisotopic (exact) mass is 255 g/mol. The van der Waals surface area contributed by atoms with Gasteiger partial charge in [-0.1, -0.05) is 27.2 Å². The van der Waals surface area contributed by atoms with Gasteiger partial charge in [0.05, 0.1) is 0 Å². The minimum Gasteiger partial charge on any atom is -0.396 e. The van der Waals surface area contributed by atoms with Gasteiger partial charge >= 0.3 is 0 Å². The van der Waals surface area contributed by atoms with Gasteiger partial charge < -0.3 is 10.4 Å². The second kappa shape index (κ2) is 8.16. The Bertz CT molecular complexity index is 207. The SMILES string of the molecule is CCC(C)(C)C1CCC(NCCCCCO)CC1. The zero-order chi connectivity index (χ0) is 13.4. The largest absolute Gasteiger partial charge is 0.396 e. The van der Waals surface area contributed by atoms with Crippen molar-refractivity contribution in [1.29, 1.82) is 0 Å². The number of rotatable bonds is 8. The normalized spacial score (nSPS) is 25.3. The molecule has 0 spiro atoms. The average molecular weight is 255 g/mol. The van der Waals surface area contributed by atoms with Crippen LogP contribution in [-0.2, 0) is 0 Å². The molecule has 0 amide bonds. The molecule has 0 aliphatic heterocycles. The van der Waals surface area contributed by atoms with Gasteiger partial charge in [-0.2, -0.15) is 0 Å². The van der Waals surface area contributed by atoms with Gasteiger partial charge in [-0.3, -0.25) is 0 Å². The minimum absolute atomic E-state index is 0.344. The number of unbranched alkanes of at least 4 members (excludes halogenated alkanes) is 2. The third-order valence-corrected chi connectivity index (χ3v) is 5.01. The molecule has 2 nitrogen and oxygen atoms in total. The smallest absolute Gasteiger partial charge is 0.0431 e. The molecule has 108 valence electrons. The predicted octanol–water partition coefficient (Wildman–Crippen LogP) is 3.73. The van der Waals surface area contributed by atoms with Crippen molar-refractivity contribution in [2.24, 2.45) is 11.3 Å². The first-order valence-electron chi connectivity index (χ1n) is 7.94. The summed E-state index contributed by atoms with van der Waals surface area (Å²) in [5.74, 6) is 0.926. The van der Waals surface area contributed by atoms with Crippen LogP contribution in [0, 0.1) is 11.3 Å². The first-order chi connectivity index (χ1) is 8.60. The Kier molecular flexibility index (Phi) is 7.25. The molecular formula is C16H33NO. The average Bonchev–Trinajstić information content (AvgIpc) is 2.39. The lowest BCUT2D eigenvalue weighted by Gasteiger charge is -2.39. The van der Waals surface area contributed by atoms with Crippen LogP contribution in [0.3, 0.4) is 0 Å². The van der Waals surface area contributed by atoms with Crippen LogP contribution in [0.5, 0.6) is 0 Å². The standard InChI is InChI=1S/C16H33NO/c1-4-16(2,3)14-8-10-15(11-9-14)17-12-6-5-7-13-18/h14-15,17-18H,4-13H2,1-3H3. The van der Waals surface area contributed by atoms with Gasteiger partial charge in [-0.05, 0) is 62.8 Å². The van der Waals surface area contributed by atoms with Crippen molar-refractivity contribution in [2.45, 2.75) is 78.2 Å². The molecule has 0 radical (unpaired) electrons. The van der Waals surface area contributed by atoms with Crippen LogP contribution in [0.15, 0.2) is 0 Å². The highest BCUT2D eigenvalue weighted by atomic mass is 16.2. The highest BCUT2D eigenvalue weighted by molar-refractivity contribution is 4.84. The van der Waals surface area contributed by atoms with Gasteiger partial charge in [0.1, 0.15) is 0 Å². The molecule has 0 heterocycles. The molecule has 0 aromatic carbocycles. The summed E-state index contributed by atoms with van der Waals surface area (Å²) in [6.07, 6.45) is 10.1. The van der Waals surface area contributed by atoms with Gasteiger partial charge in [0.2, 0.25) is 0 Å². The molecule has 0 bridgehead atoms. The quantitative estimate of drug-likeness (QED) is 0.648. The van der Waals surface area contributed by atoms with Crippen LogP contribution in [-0.4, -0.2) is 24.3 Å². The van der Waals surface area contributed by atoms with Crippen LogP contribution in [0.4, 0.5) is 0 Å². The number of nitrogens with one attached hydrogen (secondary N) is 1. The minimum atomic E-state index is 0.344. The summed E-state index contributed by atoms with van der Waals surface area (Å²) in [7, 11) is 0. The molecule has 1 rings (SSSR count). The molecule has 0 atom stereocenters. The molecule has 1 saturated carbocycles. The van der Waals surface area contributed by atoms with Crippen molar-refractivity contribution < 1.29 is 5.11 Å². The second-order valence-corrected chi connectivity index (χ2v) is 6.63. The van der Waals surface area contributed by atoms with Crippen LogP contribution in [0.2, 0.25) is 0 Å². The summed E-state index contributed by atoms with van der Waals surface area (Å²) >= 11 is 0. The Morgan fingerprint density at radius 3 is 2.28 bits per heavy atom. The fraction of sp³-hybridized carbons (Fsp3) is 1.00. The van der Waals surface area contributed by atoms with E-state index in [0.717, 1.165) is 31.3 Å². The third-order valence-electron chi connectivity index (χ3n) is 5.01. The Labute approximate surface area is 114 Å². The van der Waals surface area contributed by atoms with Gasteiger partial charge in [0, 0.05) is 12.6 Å². The number of aliphatic hydroxyl groups excluding tert-OH is 1. The second-order valence-electron chi connectivity index (χ2n) is 6.63. The van der Waals surface area contributed by atoms with E-state index < -0.39 is 0 Å². The van der Waals surface area contributed by atoms with Gasteiger partial charge in [0.15, 0.2) is 0 Å². The van der Waals surface area contributed by atoms with Crippen molar-refractivity contribution in [3.05, 3.63) is 0 Å². The summed E-state index contributed by atoms with van der Waals surface area (Å²) in [4.78, 5) is 0. The maximum Gasteiger partial charge on any atom is 0.0431 e. The highest BCUT2D eigenvalue weighted by Gasteiger charge is 2.31. The molecule has 18 heavy (non-hydrogen) atoms. The summed E-state index contributed by atoms with van der Waals surface area (Å²) in [6.45, 7) is 8.66. The van der Waals surface area contributed by atoms with E-state index in [0.29, 0.717) is 12.0 Å². The van der Waals surface area contributed by atoms with Gasteiger partial charge in [-0.25, -0.2) is 0 Å². The molecule has 1 fully saturated rings. The lowest BCUT2D eigenvalue weighted by molar-refractivity contribution is 0.137. The zero-order valence-electron chi connectivity index (χ0n) is 12.7. The molecule has 0 aromatic heterocycles. The fourth-order valence-electron chi connectivity index (χ4n) is 3.09.